The Morgan fingerprint density at radius 3 is 2.71 bits per heavy atom. The number of nitrogens with zero attached hydrogens (tertiary/aromatic N) is 2. The number of hydrogen-bond donors (Lipinski definition) is 1. The second-order valence-corrected chi connectivity index (χ2v) is 3.37. The van der Waals surface area contributed by atoms with Gasteiger partial charge in [-0.1, -0.05) is 0 Å². The molecule has 1 N–H and O–H groups in total. The van der Waals surface area contributed by atoms with E-state index in [4.69, 9.17) is 4.42 Å². The smallest absolute Gasteiger partial charge is 0.317 e. The summed E-state index contributed by atoms with van der Waals surface area (Å²) in [5.74, 6) is 1.27. The summed E-state index contributed by atoms with van der Waals surface area (Å²) in [6, 6.07) is -0.369. The van der Waals surface area contributed by atoms with Gasteiger partial charge in [-0.25, -0.2) is 9.78 Å². The van der Waals surface area contributed by atoms with Gasteiger partial charge in [-0.15, -0.1) is 0 Å². The molecule has 0 fully saturated rings. The molecule has 1 rings (SSSR count). The number of carbonyl (C=O) groups excluding carboxylic acids is 1. The van der Waals surface area contributed by atoms with Gasteiger partial charge in [-0.2, -0.15) is 0 Å². The van der Waals surface area contributed by atoms with Crippen molar-refractivity contribution in [2.75, 3.05) is 14.1 Å². The molecule has 5 heteroatoms. The Balaban J connectivity index is 2.59. The molecule has 0 aliphatic rings. The maximum Gasteiger partial charge on any atom is 0.317 e. The summed E-state index contributed by atoms with van der Waals surface area (Å²) in [7, 11) is 3.37. The minimum absolute atomic E-state index is 0.159. The Morgan fingerprint density at radius 1 is 1.64 bits per heavy atom. The fraction of sp³-hybridized carbons (Fsp3) is 0.556. The minimum atomic E-state index is -0.210. The van der Waals surface area contributed by atoms with E-state index < -0.39 is 0 Å². The molecule has 0 aliphatic carbocycles. The quantitative estimate of drug-likeness (QED) is 0.777. The van der Waals surface area contributed by atoms with Crippen molar-refractivity contribution in [2.45, 2.75) is 19.9 Å². The van der Waals surface area contributed by atoms with Crippen LogP contribution >= 0.6 is 0 Å². The van der Waals surface area contributed by atoms with E-state index in [1.165, 1.54) is 4.90 Å². The first-order chi connectivity index (χ1) is 6.50. The zero-order valence-corrected chi connectivity index (χ0v) is 8.87. The van der Waals surface area contributed by atoms with Crippen LogP contribution in [0.25, 0.3) is 0 Å². The second kappa shape index (κ2) is 4.13. The third-order valence-corrected chi connectivity index (χ3v) is 1.76. The molecule has 1 heterocycles. The molecule has 1 aromatic heterocycles. The van der Waals surface area contributed by atoms with Crippen LogP contribution in [-0.2, 0) is 0 Å². The largest absolute Gasteiger partial charge is 0.444 e. The molecule has 0 spiro atoms. The van der Waals surface area contributed by atoms with Crippen LogP contribution < -0.4 is 5.32 Å². The number of aryl methyl sites for hydroxylation is 1. The van der Waals surface area contributed by atoms with E-state index >= 15 is 0 Å². The normalized spacial score (nSPS) is 12.3. The SMILES string of the molecule is Cc1cnc(C(C)NC(=O)N(C)C)o1. The zero-order valence-electron chi connectivity index (χ0n) is 8.87. The van der Waals surface area contributed by atoms with Gasteiger partial charge in [0.25, 0.3) is 0 Å². The summed E-state index contributed by atoms with van der Waals surface area (Å²) < 4.78 is 5.28. The Bertz CT molecular complexity index is 320. The van der Waals surface area contributed by atoms with E-state index in [1.54, 1.807) is 20.3 Å². The van der Waals surface area contributed by atoms with Gasteiger partial charge in [0.1, 0.15) is 11.8 Å². The third kappa shape index (κ3) is 2.48. The summed E-state index contributed by atoms with van der Waals surface area (Å²) in [6.45, 7) is 3.64. The molecule has 1 unspecified atom stereocenters. The van der Waals surface area contributed by atoms with Crippen LogP contribution in [0.15, 0.2) is 10.6 Å². The molecule has 14 heavy (non-hydrogen) atoms. The lowest BCUT2D eigenvalue weighted by Gasteiger charge is -2.15. The molecule has 2 amide bonds. The van der Waals surface area contributed by atoms with Crippen molar-refractivity contribution in [1.29, 1.82) is 0 Å². The fourth-order valence-corrected chi connectivity index (χ4v) is 0.948. The Morgan fingerprint density at radius 2 is 2.29 bits per heavy atom. The number of carbonyl (C=O) groups is 1. The zero-order chi connectivity index (χ0) is 10.7. The van der Waals surface area contributed by atoms with Gasteiger partial charge < -0.3 is 14.6 Å². The molecule has 1 aromatic rings. The van der Waals surface area contributed by atoms with Crippen LogP contribution in [0.4, 0.5) is 4.79 Å². The molecule has 5 nitrogen and oxygen atoms in total. The van der Waals surface area contributed by atoms with E-state index in [0.29, 0.717) is 5.89 Å². The maximum absolute atomic E-state index is 11.3. The van der Waals surface area contributed by atoms with E-state index in [0.717, 1.165) is 5.76 Å². The predicted molar refractivity (Wildman–Crippen MR) is 51.9 cm³/mol. The molecule has 0 saturated heterocycles. The van der Waals surface area contributed by atoms with Gasteiger partial charge in [0, 0.05) is 14.1 Å². The van der Waals surface area contributed by atoms with Crippen LogP contribution in [0, 0.1) is 6.92 Å². The van der Waals surface area contributed by atoms with Crippen molar-refractivity contribution in [2.24, 2.45) is 0 Å². The molecule has 0 saturated carbocycles. The van der Waals surface area contributed by atoms with Crippen molar-refractivity contribution < 1.29 is 9.21 Å². The highest BCUT2D eigenvalue weighted by molar-refractivity contribution is 5.73. The Labute approximate surface area is 83.1 Å². The second-order valence-electron chi connectivity index (χ2n) is 3.37. The topological polar surface area (TPSA) is 58.4 Å². The van der Waals surface area contributed by atoms with E-state index in [1.807, 2.05) is 13.8 Å². The van der Waals surface area contributed by atoms with Gasteiger partial charge in [-0.05, 0) is 13.8 Å². The first-order valence-corrected chi connectivity index (χ1v) is 4.41. The number of oxazole rings is 1. The summed E-state index contributed by atoms with van der Waals surface area (Å²) in [5.41, 5.74) is 0. The summed E-state index contributed by atoms with van der Waals surface area (Å²) >= 11 is 0. The van der Waals surface area contributed by atoms with Gasteiger partial charge in [0.05, 0.1) is 6.20 Å². The van der Waals surface area contributed by atoms with Crippen molar-refractivity contribution in [3.05, 3.63) is 17.8 Å². The van der Waals surface area contributed by atoms with Gasteiger partial charge in [-0.3, -0.25) is 0 Å². The molecule has 0 aromatic carbocycles. The highest BCUT2D eigenvalue weighted by Crippen LogP contribution is 2.11. The molecule has 0 aliphatic heterocycles. The molecular weight excluding hydrogens is 182 g/mol. The number of amides is 2. The highest BCUT2D eigenvalue weighted by Gasteiger charge is 2.14. The van der Waals surface area contributed by atoms with Gasteiger partial charge >= 0.3 is 6.03 Å². The number of aromatic nitrogens is 1. The van der Waals surface area contributed by atoms with E-state index in [-0.39, 0.29) is 12.1 Å². The van der Waals surface area contributed by atoms with Crippen molar-refractivity contribution in [1.82, 2.24) is 15.2 Å². The Kier molecular flexibility index (Phi) is 3.11. The first-order valence-electron chi connectivity index (χ1n) is 4.41. The maximum atomic E-state index is 11.3. The summed E-state index contributed by atoms with van der Waals surface area (Å²) in [4.78, 5) is 16.8. The molecular formula is C9H15N3O2. The summed E-state index contributed by atoms with van der Waals surface area (Å²) in [6.07, 6.45) is 1.63. The summed E-state index contributed by atoms with van der Waals surface area (Å²) in [5, 5.41) is 2.74. The third-order valence-electron chi connectivity index (χ3n) is 1.76. The number of rotatable bonds is 2. The van der Waals surface area contributed by atoms with Gasteiger partial charge in [0.2, 0.25) is 5.89 Å². The number of nitrogens with one attached hydrogen (secondary N) is 1. The van der Waals surface area contributed by atoms with Crippen molar-refractivity contribution in [3.63, 3.8) is 0 Å². The van der Waals surface area contributed by atoms with Crippen LogP contribution in [0.3, 0.4) is 0 Å². The van der Waals surface area contributed by atoms with Crippen molar-refractivity contribution >= 4 is 6.03 Å². The molecule has 0 bridgehead atoms. The lowest BCUT2D eigenvalue weighted by atomic mass is 10.3. The van der Waals surface area contributed by atoms with Crippen LogP contribution in [0.2, 0.25) is 0 Å². The molecule has 0 radical (unpaired) electrons. The highest BCUT2D eigenvalue weighted by atomic mass is 16.4. The van der Waals surface area contributed by atoms with E-state index in [9.17, 15) is 4.79 Å². The fourth-order valence-electron chi connectivity index (χ4n) is 0.948. The number of hydrogen-bond acceptors (Lipinski definition) is 3. The minimum Gasteiger partial charge on any atom is -0.444 e. The average Bonchev–Trinajstić information content (AvgIpc) is 2.51. The molecule has 78 valence electrons. The lowest BCUT2D eigenvalue weighted by Crippen LogP contribution is -2.36. The van der Waals surface area contributed by atoms with E-state index in [2.05, 4.69) is 10.3 Å². The van der Waals surface area contributed by atoms with Crippen LogP contribution in [0.5, 0.6) is 0 Å². The average molecular weight is 197 g/mol. The van der Waals surface area contributed by atoms with Crippen LogP contribution in [0.1, 0.15) is 24.6 Å². The first kappa shape index (κ1) is 10.6. The molecule has 1 atom stereocenters. The lowest BCUT2D eigenvalue weighted by molar-refractivity contribution is 0.211. The van der Waals surface area contributed by atoms with Crippen molar-refractivity contribution in [3.8, 4) is 0 Å². The van der Waals surface area contributed by atoms with Gasteiger partial charge in [0.15, 0.2) is 0 Å². The monoisotopic (exact) mass is 197 g/mol. The van der Waals surface area contributed by atoms with Crippen LogP contribution in [-0.4, -0.2) is 30.0 Å². The number of urea groups is 1. The Hall–Kier alpha value is -1.52. The standard InChI is InChI=1S/C9H15N3O2/c1-6-5-10-8(14-6)7(2)11-9(13)12(3)4/h5,7H,1-4H3,(H,11,13). The predicted octanol–water partition coefficient (Wildman–Crippen LogP) is 1.32.